The van der Waals surface area contributed by atoms with E-state index in [1.165, 1.54) is 0 Å². The first-order valence-corrected chi connectivity index (χ1v) is 7.76. The molecule has 8 nitrogen and oxygen atoms in total. The number of nitrogens with one attached hydrogen (secondary N) is 2. The van der Waals surface area contributed by atoms with Crippen LogP contribution in [0.1, 0.15) is 46.0 Å². The van der Waals surface area contributed by atoms with Crippen molar-refractivity contribution >= 4 is 16.9 Å². The molecule has 3 aromatic rings. The lowest BCUT2D eigenvalue weighted by atomic mass is 9.92. The van der Waals surface area contributed by atoms with Gasteiger partial charge in [0.2, 0.25) is 17.6 Å². The highest BCUT2D eigenvalue weighted by molar-refractivity contribution is 5.79. The highest BCUT2D eigenvalue weighted by Gasteiger charge is 2.21. The second-order valence-corrected chi connectivity index (χ2v) is 7.01. The largest absolute Gasteiger partial charge is 0.345 e. The van der Waals surface area contributed by atoms with Crippen LogP contribution >= 0.6 is 0 Å². The summed E-state index contributed by atoms with van der Waals surface area (Å²) in [7, 11) is 0. The van der Waals surface area contributed by atoms with Crippen molar-refractivity contribution in [2.24, 2.45) is 5.41 Å². The maximum absolute atomic E-state index is 12.0. The topological polar surface area (TPSA) is 110 Å². The average Bonchev–Trinajstić information content (AvgIpc) is 3.13. The normalized spacial score (nSPS) is 13.2. The van der Waals surface area contributed by atoms with E-state index in [1.807, 2.05) is 45.9 Å². The van der Waals surface area contributed by atoms with Crippen LogP contribution in [-0.4, -0.2) is 31.5 Å². The maximum atomic E-state index is 12.0. The van der Waals surface area contributed by atoms with Crippen molar-refractivity contribution in [2.75, 3.05) is 0 Å². The second-order valence-electron chi connectivity index (χ2n) is 7.01. The molecule has 1 atom stereocenters. The van der Waals surface area contributed by atoms with E-state index >= 15 is 0 Å². The zero-order chi connectivity index (χ0) is 17.3. The van der Waals surface area contributed by atoms with Crippen LogP contribution in [0.3, 0.4) is 0 Å². The summed E-state index contributed by atoms with van der Waals surface area (Å²) in [6.45, 7) is 7.87. The van der Waals surface area contributed by atoms with Gasteiger partial charge in [-0.05, 0) is 30.5 Å². The molecule has 1 unspecified atom stereocenters. The van der Waals surface area contributed by atoms with Crippen molar-refractivity contribution in [1.82, 2.24) is 30.9 Å². The first-order chi connectivity index (χ1) is 11.3. The van der Waals surface area contributed by atoms with Gasteiger partial charge < -0.3 is 9.84 Å². The number of fused-ring (bicyclic) bond motifs is 1. The molecule has 0 aliphatic carbocycles. The lowest BCUT2D eigenvalue weighted by Crippen LogP contribution is -2.30. The molecule has 0 bridgehead atoms. The van der Waals surface area contributed by atoms with E-state index in [0.29, 0.717) is 18.1 Å². The number of nitrogens with zero attached hydrogens (tertiary/aromatic N) is 4. The second kappa shape index (κ2) is 6.03. The summed E-state index contributed by atoms with van der Waals surface area (Å²) in [5.41, 5.74) is 2.20. The molecule has 3 rings (SSSR count). The SMILES string of the molecule is CC(NC(=O)CC(C)(C)C)c1nc(-c2ccc3n[nH]nc3c2)no1. The Morgan fingerprint density at radius 1 is 1.29 bits per heavy atom. The molecule has 2 N–H and O–H groups in total. The van der Waals surface area contributed by atoms with Crippen molar-refractivity contribution in [3.05, 3.63) is 24.1 Å². The predicted octanol–water partition coefficient (Wildman–Crippen LogP) is 2.62. The molecular weight excluding hydrogens is 308 g/mol. The number of aromatic nitrogens is 5. The summed E-state index contributed by atoms with van der Waals surface area (Å²) in [6, 6.07) is 5.16. The quantitative estimate of drug-likeness (QED) is 0.762. The molecule has 126 valence electrons. The Bertz CT molecular complexity index is 861. The minimum Gasteiger partial charge on any atom is -0.345 e. The number of aromatic amines is 1. The van der Waals surface area contributed by atoms with Gasteiger partial charge in [-0.1, -0.05) is 25.9 Å². The number of amides is 1. The number of benzene rings is 1. The molecule has 1 amide bonds. The van der Waals surface area contributed by atoms with E-state index in [1.54, 1.807) is 0 Å². The molecule has 0 spiro atoms. The molecule has 0 saturated heterocycles. The zero-order valence-corrected chi connectivity index (χ0v) is 14.1. The Kier molecular flexibility index (Phi) is 4.04. The summed E-state index contributed by atoms with van der Waals surface area (Å²) >= 11 is 0. The Labute approximate surface area is 139 Å². The van der Waals surface area contributed by atoms with Crippen molar-refractivity contribution in [2.45, 2.75) is 40.2 Å². The summed E-state index contributed by atoms with van der Waals surface area (Å²) < 4.78 is 5.29. The average molecular weight is 328 g/mol. The minimum absolute atomic E-state index is 0.0428. The first kappa shape index (κ1) is 16.1. The lowest BCUT2D eigenvalue weighted by Gasteiger charge is -2.18. The van der Waals surface area contributed by atoms with Crippen LogP contribution in [0.25, 0.3) is 22.4 Å². The van der Waals surface area contributed by atoms with E-state index < -0.39 is 0 Å². The molecule has 2 heterocycles. The summed E-state index contributed by atoms with van der Waals surface area (Å²) in [5.74, 6) is 0.776. The van der Waals surface area contributed by atoms with Gasteiger partial charge in [-0.15, -0.1) is 0 Å². The Morgan fingerprint density at radius 3 is 2.79 bits per heavy atom. The molecule has 0 radical (unpaired) electrons. The molecular formula is C16H20N6O2. The van der Waals surface area contributed by atoms with Crippen LogP contribution in [0.5, 0.6) is 0 Å². The molecule has 1 aromatic carbocycles. The third-order valence-corrected chi connectivity index (χ3v) is 3.46. The van der Waals surface area contributed by atoms with Crippen molar-refractivity contribution < 1.29 is 9.32 Å². The van der Waals surface area contributed by atoms with Crippen LogP contribution in [0, 0.1) is 5.41 Å². The van der Waals surface area contributed by atoms with Gasteiger partial charge in [0.25, 0.3) is 0 Å². The summed E-state index contributed by atoms with van der Waals surface area (Å²) in [5, 5.41) is 17.5. The first-order valence-electron chi connectivity index (χ1n) is 7.76. The number of carbonyl (C=O) groups excluding carboxylic acids is 1. The van der Waals surface area contributed by atoms with Crippen molar-refractivity contribution in [3.63, 3.8) is 0 Å². The van der Waals surface area contributed by atoms with Gasteiger partial charge in [0.1, 0.15) is 17.1 Å². The third kappa shape index (κ3) is 3.58. The Hall–Kier alpha value is -2.77. The van der Waals surface area contributed by atoms with E-state index in [9.17, 15) is 4.79 Å². The van der Waals surface area contributed by atoms with Crippen LogP contribution in [0.15, 0.2) is 22.7 Å². The van der Waals surface area contributed by atoms with Crippen molar-refractivity contribution in [3.8, 4) is 11.4 Å². The summed E-state index contributed by atoms with van der Waals surface area (Å²) in [6.07, 6.45) is 0.432. The van der Waals surface area contributed by atoms with Gasteiger partial charge >= 0.3 is 0 Å². The Morgan fingerprint density at radius 2 is 2.04 bits per heavy atom. The van der Waals surface area contributed by atoms with E-state index in [0.717, 1.165) is 16.6 Å². The molecule has 0 aliphatic heterocycles. The van der Waals surface area contributed by atoms with Gasteiger partial charge in [-0.25, -0.2) is 0 Å². The maximum Gasteiger partial charge on any atom is 0.249 e. The fourth-order valence-electron chi connectivity index (χ4n) is 2.34. The fraction of sp³-hybridized carbons (Fsp3) is 0.438. The molecule has 24 heavy (non-hydrogen) atoms. The number of carbonyl (C=O) groups is 1. The molecule has 0 saturated carbocycles. The van der Waals surface area contributed by atoms with Crippen LogP contribution in [0.2, 0.25) is 0 Å². The standard InChI is InChI=1S/C16H20N6O2/c1-9(17-13(23)8-16(2,3)4)15-18-14(21-24-15)10-5-6-11-12(7-10)20-22-19-11/h5-7,9H,8H2,1-4H3,(H,17,23)(H,19,20,22). The van der Waals surface area contributed by atoms with E-state index in [2.05, 4.69) is 30.9 Å². The summed E-state index contributed by atoms with van der Waals surface area (Å²) in [4.78, 5) is 16.4. The van der Waals surface area contributed by atoms with Gasteiger partial charge in [-0.2, -0.15) is 20.4 Å². The number of hydrogen-bond acceptors (Lipinski definition) is 6. The molecule has 0 aliphatic rings. The molecule has 8 heteroatoms. The van der Waals surface area contributed by atoms with E-state index in [-0.39, 0.29) is 17.4 Å². The number of H-pyrrole nitrogens is 1. The monoisotopic (exact) mass is 328 g/mol. The highest BCUT2D eigenvalue weighted by atomic mass is 16.5. The molecule has 0 fully saturated rings. The fourth-order valence-corrected chi connectivity index (χ4v) is 2.34. The minimum atomic E-state index is -0.350. The number of rotatable bonds is 4. The van der Waals surface area contributed by atoms with Gasteiger partial charge in [-0.3, -0.25) is 4.79 Å². The van der Waals surface area contributed by atoms with E-state index in [4.69, 9.17) is 4.52 Å². The van der Waals surface area contributed by atoms with Crippen molar-refractivity contribution in [1.29, 1.82) is 0 Å². The predicted molar refractivity (Wildman–Crippen MR) is 87.8 cm³/mol. The van der Waals surface area contributed by atoms with Gasteiger partial charge in [0, 0.05) is 12.0 Å². The highest BCUT2D eigenvalue weighted by Crippen LogP contribution is 2.22. The molecule has 2 aromatic heterocycles. The van der Waals surface area contributed by atoms with Gasteiger partial charge in [0.15, 0.2) is 0 Å². The van der Waals surface area contributed by atoms with Gasteiger partial charge in [0.05, 0.1) is 0 Å². The zero-order valence-electron chi connectivity index (χ0n) is 14.1. The van der Waals surface area contributed by atoms with Crippen LogP contribution in [0.4, 0.5) is 0 Å². The van der Waals surface area contributed by atoms with Crippen LogP contribution in [-0.2, 0) is 4.79 Å². The Balaban J connectivity index is 1.73. The third-order valence-electron chi connectivity index (χ3n) is 3.46. The lowest BCUT2D eigenvalue weighted by molar-refractivity contribution is -0.123. The smallest absolute Gasteiger partial charge is 0.249 e. The number of hydrogen-bond donors (Lipinski definition) is 2. The van der Waals surface area contributed by atoms with Crippen LogP contribution < -0.4 is 5.32 Å².